The van der Waals surface area contributed by atoms with Gasteiger partial charge in [-0.1, -0.05) is 19.8 Å². The van der Waals surface area contributed by atoms with Crippen molar-refractivity contribution >= 4 is 5.97 Å². The van der Waals surface area contributed by atoms with Gasteiger partial charge >= 0.3 is 5.97 Å². The Bertz CT molecular complexity index is 218. The molecule has 0 aromatic heterocycles. The van der Waals surface area contributed by atoms with E-state index in [1.54, 1.807) is 0 Å². The molecular formula is C11H20O5. The molecule has 0 saturated carbocycles. The molecule has 1 saturated heterocycles. The van der Waals surface area contributed by atoms with E-state index < -0.39 is 18.3 Å². The van der Waals surface area contributed by atoms with Crippen LogP contribution in [0.1, 0.15) is 32.6 Å². The Morgan fingerprint density at radius 3 is 2.81 bits per heavy atom. The molecule has 3 atom stereocenters. The molecule has 0 aromatic carbocycles. The van der Waals surface area contributed by atoms with Gasteiger partial charge in [0.05, 0.1) is 13.2 Å². The molecule has 0 bridgehead atoms. The number of hydrogen-bond donors (Lipinski definition) is 2. The summed E-state index contributed by atoms with van der Waals surface area (Å²) in [7, 11) is 0. The van der Waals surface area contributed by atoms with Crippen LogP contribution in [0.25, 0.3) is 0 Å². The van der Waals surface area contributed by atoms with Gasteiger partial charge in [0.1, 0.15) is 12.2 Å². The maximum Gasteiger partial charge on any atom is 0.306 e. The third-order valence-electron chi connectivity index (χ3n) is 2.68. The SMILES string of the molecule is CCCCCC(=O)OC1COC(CO)C1O. The summed E-state index contributed by atoms with van der Waals surface area (Å²) in [5, 5.41) is 18.4. The Hall–Kier alpha value is -0.650. The molecule has 1 fully saturated rings. The second-order valence-electron chi connectivity index (χ2n) is 4.03. The molecule has 0 spiro atoms. The fraction of sp³-hybridized carbons (Fsp3) is 0.909. The van der Waals surface area contributed by atoms with Crippen molar-refractivity contribution in [3.05, 3.63) is 0 Å². The minimum absolute atomic E-state index is 0.159. The molecule has 0 amide bonds. The monoisotopic (exact) mass is 232 g/mol. The number of hydrogen-bond acceptors (Lipinski definition) is 5. The van der Waals surface area contributed by atoms with E-state index in [9.17, 15) is 9.90 Å². The minimum atomic E-state index is -0.917. The molecule has 0 aromatic rings. The molecule has 94 valence electrons. The zero-order valence-corrected chi connectivity index (χ0v) is 9.59. The van der Waals surface area contributed by atoms with Crippen molar-refractivity contribution in [2.45, 2.75) is 50.9 Å². The summed E-state index contributed by atoms with van der Waals surface area (Å²) in [5.41, 5.74) is 0. The van der Waals surface area contributed by atoms with Gasteiger partial charge in [-0.05, 0) is 6.42 Å². The van der Waals surface area contributed by atoms with Crippen LogP contribution in [0.4, 0.5) is 0 Å². The first-order valence-corrected chi connectivity index (χ1v) is 5.79. The van der Waals surface area contributed by atoms with E-state index in [1.165, 1.54) is 0 Å². The Morgan fingerprint density at radius 2 is 2.25 bits per heavy atom. The molecule has 2 N–H and O–H groups in total. The summed E-state index contributed by atoms with van der Waals surface area (Å²) in [6.45, 7) is 1.96. The van der Waals surface area contributed by atoms with E-state index in [2.05, 4.69) is 6.92 Å². The maximum absolute atomic E-state index is 11.4. The van der Waals surface area contributed by atoms with Crippen LogP contribution in [0.3, 0.4) is 0 Å². The lowest BCUT2D eigenvalue weighted by Gasteiger charge is -2.16. The Morgan fingerprint density at radius 1 is 1.50 bits per heavy atom. The van der Waals surface area contributed by atoms with Gasteiger partial charge in [-0.3, -0.25) is 4.79 Å². The quantitative estimate of drug-likeness (QED) is 0.506. The van der Waals surface area contributed by atoms with Crippen LogP contribution in [-0.4, -0.2) is 47.7 Å². The number of carbonyl (C=O) groups is 1. The summed E-state index contributed by atoms with van der Waals surface area (Å²) in [5.74, 6) is -0.306. The van der Waals surface area contributed by atoms with Gasteiger partial charge in [-0.25, -0.2) is 0 Å². The van der Waals surface area contributed by atoms with Gasteiger partial charge in [-0.2, -0.15) is 0 Å². The lowest BCUT2D eigenvalue weighted by atomic mass is 10.1. The summed E-state index contributed by atoms with van der Waals surface area (Å²) < 4.78 is 10.2. The van der Waals surface area contributed by atoms with Crippen LogP contribution < -0.4 is 0 Å². The van der Waals surface area contributed by atoms with Crippen molar-refractivity contribution in [3.63, 3.8) is 0 Å². The summed E-state index contributed by atoms with van der Waals surface area (Å²) in [4.78, 5) is 11.4. The first-order chi connectivity index (χ1) is 7.69. The molecule has 1 rings (SSSR count). The van der Waals surface area contributed by atoms with Gasteiger partial charge < -0.3 is 19.7 Å². The van der Waals surface area contributed by atoms with Crippen molar-refractivity contribution in [1.29, 1.82) is 0 Å². The fourth-order valence-electron chi connectivity index (χ4n) is 1.67. The lowest BCUT2D eigenvalue weighted by molar-refractivity contribution is -0.153. The zero-order chi connectivity index (χ0) is 12.0. The number of aliphatic hydroxyl groups excluding tert-OH is 2. The Kier molecular flexibility index (Phi) is 5.73. The van der Waals surface area contributed by atoms with Gasteiger partial charge in [0.2, 0.25) is 0 Å². The van der Waals surface area contributed by atoms with Crippen LogP contribution in [0.5, 0.6) is 0 Å². The Labute approximate surface area is 95.4 Å². The number of unbranched alkanes of at least 4 members (excludes halogenated alkanes) is 2. The molecule has 3 unspecified atom stereocenters. The third kappa shape index (κ3) is 3.73. The number of ether oxygens (including phenoxy) is 2. The highest BCUT2D eigenvalue weighted by molar-refractivity contribution is 5.69. The molecule has 0 aliphatic carbocycles. The van der Waals surface area contributed by atoms with Gasteiger partial charge in [0.25, 0.3) is 0 Å². The standard InChI is InChI=1S/C11H20O5/c1-2-3-4-5-10(13)16-9-7-15-8(6-12)11(9)14/h8-9,11-12,14H,2-7H2,1H3. The molecule has 16 heavy (non-hydrogen) atoms. The zero-order valence-electron chi connectivity index (χ0n) is 9.59. The number of rotatable bonds is 6. The summed E-state index contributed by atoms with van der Waals surface area (Å²) >= 11 is 0. The fourth-order valence-corrected chi connectivity index (χ4v) is 1.67. The summed E-state index contributed by atoms with van der Waals surface area (Å²) in [6, 6.07) is 0. The average Bonchev–Trinajstić information content (AvgIpc) is 2.60. The van der Waals surface area contributed by atoms with Gasteiger partial charge in [0.15, 0.2) is 6.10 Å². The number of esters is 1. The van der Waals surface area contributed by atoms with E-state index in [0.717, 1.165) is 19.3 Å². The van der Waals surface area contributed by atoms with Crippen LogP contribution in [0.2, 0.25) is 0 Å². The maximum atomic E-state index is 11.4. The lowest BCUT2D eigenvalue weighted by Crippen LogP contribution is -2.35. The first kappa shape index (κ1) is 13.4. The number of carbonyl (C=O) groups excluding carboxylic acids is 1. The number of aliphatic hydroxyl groups is 2. The van der Waals surface area contributed by atoms with E-state index in [4.69, 9.17) is 14.6 Å². The second kappa shape index (κ2) is 6.83. The van der Waals surface area contributed by atoms with E-state index >= 15 is 0 Å². The molecule has 5 nitrogen and oxygen atoms in total. The van der Waals surface area contributed by atoms with Crippen molar-refractivity contribution in [3.8, 4) is 0 Å². The van der Waals surface area contributed by atoms with Crippen LogP contribution in [0, 0.1) is 0 Å². The van der Waals surface area contributed by atoms with Crippen LogP contribution in [0.15, 0.2) is 0 Å². The molecular weight excluding hydrogens is 212 g/mol. The van der Waals surface area contributed by atoms with Crippen molar-refractivity contribution in [2.24, 2.45) is 0 Å². The molecule has 1 aliphatic rings. The van der Waals surface area contributed by atoms with Crippen molar-refractivity contribution in [1.82, 2.24) is 0 Å². The normalized spacial score (nSPS) is 29.3. The van der Waals surface area contributed by atoms with Crippen LogP contribution >= 0.6 is 0 Å². The molecule has 1 aliphatic heterocycles. The third-order valence-corrected chi connectivity index (χ3v) is 2.68. The van der Waals surface area contributed by atoms with E-state index in [0.29, 0.717) is 6.42 Å². The average molecular weight is 232 g/mol. The Balaban J connectivity index is 2.24. The first-order valence-electron chi connectivity index (χ1n) is 5.79. The predicted molar refractivity (Wildman–Crippen MR) is 56.9 cm³/mol. The highest BCUT2D eigenvalue weighted by Gasteiger charge is 2.37. The molecule has 5 heteroatoms. The molecule has 0 radical (unpaired) electrons. The largest absolute Gasteiger partial charge is 0.457 e. The molecule has 1 heterocycles. The second-order valence-corrected chi connectivity index (χ2v) is 4.03. The van der Waals surface area contributed by atoms with Crippen LogP contribution in [-0.2, 0) is 14.3 Å². The minimum Gasteiger partial charge on any atom is -0.457 e. The predicted octanol–water partition coefficient (Wildman–Crippen LogP) is 0.230. The van der Waals surface area contributed by atoms with Gasteiger partial charge in [0, 0.05) is 6.42 Å². The highest BCUT2D eigenvalue weighted by atomic mass is 16.6. The van der Waals surface area contributed by atoms with Gasteiger partial charge in [-0.15, -0.1) is 0 Å². The topological polar surface area (TPSA) is 76.0 Å². The van der Waals surface area contributed by atoms with Crippen molar-refractivity contribution < 1.29 is 24.5 Å². The highest BCUT2D eigenvalue weighted by Crippen LogP contribution is 2.17. The smallest absolute Gasteiger partial charge is 0.306 e. The summed E-state index contributed by atoms with van der Waals surface area (Å²) in [6.07, 6.45) is 1.05. The van der Waals surface area contributed by atoms with E-state index in [1.807, 2.05) is 0 Å². The van der Waals surface area contributed by atoms with Crippen molar-refractivity contribution in [2.75, 3.05) is 13.2 Å². The van der Waals surface area contributed by atoms with E-state index in [-0.39, 0.29) is 19.2 Å².